The molecule has 0 radical (unpaired) electrons. The fraction of sp³-hybridized carbons (Fsp3) is 0.560. The molecule has 182 valence electrons. The number of furan rings is 1. The molecular formula is C25H33N5O3S. The summed E-state index contributed by atoms with van der Waals surface area (Å²) < 4.78 is 5.54. The van der Waals surface area contributed by atoms with Gasteiger partial charge in [-0.1, -0.05) is 6.07 Å². The maximum Gasteiger partial charge on any atom is 0.257 e. The molecule has 5 heterocycles. The van der Waals surface area contributed by atoms with Gasteiger partial charge in [0.15, 0.2) is 0 Å². The predicted octanol–water partition coefficient (Wildman–Crippen LogP) is 3.04. The van der Waals surface area contributed by atoms with Crippen molar-refractivity contribution >= 4 is 28.9 Å². The molecule has 0 bridgehead atoms. The summed E-state index contributed by atoms with van der Waals surface area (Å²) in [6.45, 7) is 7.02. The third-order valence-electron chi connectivity index (χ3n) is 7.15. The number of carbonyl (C=O) groups is 2. The predicted molar refractivity (Wildman–Crippen MR) is 132 cm³/mol. The Morgan fingerprint density at radius 3 is 2.44 bits per heavy atom. The van der Waals surface area contributed by atoms with E-state index in [9.17, 15) is 9.59 Å². The lowest BCUT2D eigenvalue weighted by Gasteiger charge is -2.38. The van der Waals surface area contributed by atoms with Crippen LogP contribution in [0.4, 0.5) is 0 Å². The van der Waals surface area contributed by atoms with Crippen molar-refractivity contribution in [3.8, 4) is 0 Å². The quantitative estimate of drug-likeness (QED) is 0.632. The van der Waals surface area contributed by atoms with Crippen LogP contribution < -0.4 is 0 Å². The first-order valence-corrected chi connectivity index (χ1v) is 13.2. The number of nitrogens with zero attached hydrogens (tertiary/aromatic N) is 5. The van der Waals surface area contributed by atoms with E-state index in [2.05, 4.69) is 27.9 Å². The van der Waals surface area contributed by atoms with E-state index in [1.54, 1.807) is 22.6 Å². The molecule has 8 nitrogen and oxygen atoms in total. The number of piperidine rings is 1. The fourth-order valence-electron chi connectivity index (χ4n) is 5.15. The number of amides is 2. The first kappa shape index (κ1) is 23.3. The summed E-state index contributed by atoms with van der Waals surface area (Å²) in [6.07, 6.45) is 5.73. The van der Waals surface area contributed by atoms with E-state index in [1.165, 1.54) is 6.42 Å². The zero-order valence-electron chi connectivity index (χ0n) is 19.8. The third-order valence-corrected chi connectivity index (χ3v) is 8.12. The van der Waals surface area contributed by atoms with Crippen molar-refractivity contribution in [2.75, 3.05) is 45.8 Å². The molecule has 2 amide bonds. The van der Waals surface area contributed by atoms with E-state index in [1.807, 2.05) is 28.5 Å². The number of hydrogen-bond donors (Lipinski definition) is 0. The summed E-state index contributed by atoms with van der Waals surface area (Å²) in [6, 6.07) is 8.08. The highest BCUT2D eigenvalue weighted by Gasteiger charge is 2.35. The first-order chi connectivity index (χ1) is 16.6. The SMILES string of the molecule is CC1CCCCN1C(=O)CN1CCN(CC(=O)N2N=C(c3ccco3)CC2c2cccs2)CC1. The molecule has 2 fully saturated rings. The van der Waals surface area contributed by atoms with Crippen LogP contribution >= 0.6 is 11.3 Å². The second-order valence-corrected chi connectivity index (χ2v) is 10.5. The molecule has 0 aliphatic carbocycles. The summed E-state index contributed by atoms with van der Waals surface area (Å²) in [7, 11) is 0. The molecule has 3 aliphatic heterocycles. The molecule has 0 spiro atoms. The number of hydrazone groups is 1. The minimum Gasteiger partial charge on any atom is -0.463 e. The Morgan fingerprint density at radius 1 is 1.03 bits per heavy atom. The van der Waals surface area contributed by atoms with Gasteiger partial charge in [-0.05, 0) is 49.8 Å². The van der Waals surface area contributed by atoms with Gasteiger partial charge in [0, 0.05) is 50.1 Å². The van der Waals surface area contributed by atoms with Gasteiger partial charge in [-0.2, -0.15) is 5.10 Å². The van der Waals surface area contributed by atoms with Crippen LogP contribution in [0.25, 0.3) is 0 Å². The van der Waals surface area contributed by atoms with Gasteiger partial charge >= 0.3 is 0 Å². The van der Waals surface area contributed by atoms with Crippen molar-refractivity contribution in [2.24, 2.45) is 5.10 Å². The smallest absolute Gasteiger partial charge is 0.257 e. The summed E-state index contributed by atoms with van der Waals surface area (Å²) in [5, 5.41) is 8.36. The highest BCUT2D eigenvalue weighted by molar-refractivity contribution is 7.10. The maximum absolute atomic E-state index is 13.3. The van der Waals surface area contributed by atoms with Crippen molar-refractivity contribution in [3.63, 3.8) is 0 Å². The number of rotatable bonds is 6. The summed E-state index contributed by atoms with van der Waals surface area (Å²) in [4.78, 5) is 33.7. The highest BCUT2D eigenvalue weighted by atomic mass is 32.1. The Labute approximate surface area is 204 Å². The van der Waals surface area contributed by atoms with Gasteiger partial charge in [-0.25, -0.2) is 5.01 Å². The number of piperazine rings is 1. The maximum atomic E-state index is 13.3. The lowest BCUT2D eigenvalue weighted by molar-refractivity contribution is -0.137. The average molecular weight is 484 g/mol. The third kappa shape index (κ3) is 5.11. The van der Waals surface area contributed by atoms with Crippen molar-refractivity contribution < 1.29 is 14.0 Å². The topological polar surface area (TPSA) is 72.6 Å². The average Bonchev–Trinajstić information content (AvgIpc) is 3.61. The molecule has 34 heavy (non-hydrogen) atoms. The van der Waals surface area contributed by atoms with Crippen LogP contribution in [0.1, 0.15) is 49.3 Å². The molecule has 0 aromatic carbocycles. The van der Waals surface area contributed by atoms with E-state index in [-0.39, 0.29) is 17.9 Å². The van der Waals surface area contributed by atoms with Gasteiger partial charge in [0.1, 0.15) is 11.5 Å². The number of likely N-dealkylation sites (tertiary alicyclic amines) is 1. The van der Waals surface area contributed by atoms with Crippen molar-refractivity contribution in [1.82, 2.24) is 19.7 Å². The zero-order chi connectivity index (χ0) is 23.5. The second-order valence-electron chi connectivity index (χ2n) is 9.48. The molecular weight excluding hydrogens is 450 g/mol. The molecule has 0 N–H and O–H groups in total. The zero-order valence-corrected chi connectivity index (χ0v) is 20.6. The highest BCUT2D eigenvalue weighted by Crippen LogP contribution is 2.35. The minimum absolute atomic E-state index is 0.00613. The summed E-state index contributed by atoms with van der Waals surface area (Å²) in [5.41, 5.74) is 0.812. The molecule has 2 aromatic heterocycles. The van der Waals surface area contributed by atoms with E-state index >= 15 is 0 Å². The first-order valence-electron chi connectivity index (χ1n) is 12.3. The van der Waals surface area contributed by atoms with E-state index in [4.69, 9.17) is 4.42 Å². The second kappa shape index (κ2) is 10.4. The number of thiophene rings is 1. The molecule has 0 saturated carbocycles. The molecule has 2 unspecified atom stereocenters. The van der Waals surface area contributed by atoms with Gasteiger partial charge in [0.05, 0.1) is 25.4 Å². The minimum atomic E-state index is -0.0851. The molecule has 9 heteroatoms. The molecule has 2 aromatic rings. The van der Waals surface area contributed by atoms with Crippen LogP contribution in [-0.4, -0.2) is 89.1 Å². The Hall–Kier alpha value is -2.49. The summed E-state index contributed by atoms with van der Waals surface area (Å²) in [5.74, 6) is 0.970. The standard InChI is InChI=1S/C25H33N5O3S/c1-19-6-2-3-9-29(19)24(31)17-27-10-12-28(13-11-27)18-25(32)30-21(23-8-5-15-34-23)16-20(26-30)22-7-4-14-33-22/h4-5,7-8,14-15,19,21H,2-3,6,9-13,16-18H2,1H3. The van der Waals surface area contributed by atoms with E-state index < -0.39 is 0 Å². The largest absolute Gasteiger partial charge is 0.463 e. The van der Waals surface area contributed by atoms with Gasteiger partial charge in [-0.15, -0.1) is 11.3 Å². The van der Waals surface area contributed by atoms with Crippen molar-refractivity contribution in [1.29, 1.82) is 0 Å². The van der Waals surface area contributed by atoms with E-state index in [0.29, 0.717) is 25.6 Å². The van der Waals surface area contributed by atoms with Crippen LogP contribution in [0.5, 0.6) is 0 Å². The monoisotopic (exact) mass is 483 g/mol. The fourth-order valence-corrected chi connectivity index (χ4v) is 5.97. The normalized spacial score (nSPS) is 24.4. The van der Waals surface area contributed by atoms with Crippen LogP contribution in [0, 0.1) is 0 Å². The molecule has 2 saturated heterocycles. The lowest BCUT2D eigenvalue weighted by atomic mass is 10.0. The van der Waals surface area contributed by atoms with Crippen LogP contribution in [-0.2, 0) is 9.59 Å². The van der Waals surface area contributed by atoms with Gasteiger partial charge in [0.25, 0.3) is 5.91 Å². The molecule has 2 atom stereocenters. The summed E-state index contributed by atoms with van der Waals surface area (Å²) >= 11 is 1.65. The Bertz CT molecular complexity index is 998. The Morgan fingerprint density at radius 2 is 1.79 bits per heavy atom. The van der Waals surface area contributed by atoms with Crippen LogP contribution in [0.2, 0.25) is 0 Å². The molecule has 3 aliphatic rings. The van der Waals surface area contributed by atoms with Crippen LogP contribution in [0.15, 0.2) is 45.4 Å². The Balaban J connectivity index is 1.16. The van der Waals surface area contributed by atoms with Gasteiger partial charge in [0.2, 0.25) is 5.91 Å². The molecule has 5 rings (SSSR count). The van der Waals surface area contributed by atoms with E-state index in [0.717, 1.165) is 61.9 Å². The van der Waals surface area contributed by atoms with Gasteiger partial charge in [-0.3, -0.25) is 19.4 Å². The van der Waals surface area contributed by atoms with Gasteiger partial charge < -0.3 is 9.32 Å². The number of carbonyl (C=O) groups excluding carboxylic acids is 2. The van der Waals surface area contributed by atoms with Crippen molar-refractivity contribution in [3.05, 3.63) is 46.5 Å². The van der Waals surface area contributed by atoms with Crippen molar-refractivity contribution in [2.45, 2.75) is 44.7 Å². The lowest BCUT2D eigenvalue weighted by Crippen LogP contribution is -2.53. The number of hydrogen-bond acceptors (Lipinski definition) is 7. The van der Waals surface area contributed by atoms with Crippen LogP contribution in [0.3, 0.4) is 0 Å². The Kier molecular flexibility index (Phi) is 7.12.